The zero-order chi connectivity index (χ0) is 21.2. The van der Waals surface area contributed by atoms with Crippen LogP contribution in [-0.2, 0) is 21.2 Å². The van der Waals surface area contributed by atoms with E-state index in [4.69, 9.17) is 0 Å². The summed E-state index contributed by atoms with van der Waals surface area (Å²) in [6.07, 6.45) is 5.18. The van der Waals surface area contributed by atoms with Crippen LogP contribution >= 0.6 is 0 Å². The highest BCUT2D eigenvalue weighted by Gasteiger charge is 2.32. The average molecular weight is 422 g/mol. The van der Waals surface area contributed by atoms with Crippen molar-refractivity contribution >= 4 is 21.6 Å². The average Bonchev–Trinajstić information content (AvgIpc) is 3.31. The van der Waals surface area contributed by atoms with Crippen LogP contribution in [0, 0.1) is 5.92 Å². The van der Waals surface area contributed by atoms with Crippen LogP contribution in [-0.4, -0.2) is 50.9 Å². The molecule has 1 fully saturated rings. The van der Waals surface area contributed by atoms with Gasteiger partial charge in [-0.3, -0.25) is 9.69 Å². The molecule has 29 heavy (non-hydrogen) atoms. The van der Waals surface area contributed by atoms with Gasteiger partial charge in [0.2, 0.25) is 15.9 Å². The molecule has 0 radical (unpaired) electrons. The predicted octanol–water partition coefficient (Wildman–Crippen LogP) is 3.16. The Morgan fingerprint density at radius 3 is 2.45 bits per heavy atom. The first-order chi connectivity index (χ1) is 13.8. The fourth-order valence-corrected chi connectivity index (χ4v) is 6.13. The standard InChI is InChI=1S/C22H35N3O3S/c1-5-18(6-2)22(24-11-7-8-12-24)15-23-29(27,28)20-9-10-21-19(14-20)13-16(3)25(21)17(4)26/h9-10,14,16,18,22-23H,5-8,11-13,15H2,1-4H3/t16-,22-/m1/s1. The summed E-state index contributed by atoms with van der Waals surface area (Å²) in [7, 11) is -3.59. The van der Waals surface area contributed by atoms with E-state index >= 15 is 0 Å². The molecule has 2 atom stereocenters. The number of nitrogens with one attached hydrogen (secondary N) is 1. The van der Waals surface area contributed by atoms with E-state index in [1.807, 2.05) is 6.92 Å². The van der Waals surface area contributed by atoms with E-state index in [9.17, 15) is 13.2 Å². The summed E-state index contributed by atoms with van der Waals surface area (Å²) in [5.41, 5.74) is 1.75. The minimum Gasteiger partial charge on any atom is -0.309 e. The number of hydrogen-bond acceptors (Lipinski definition) is 4. The van der Waals surface area contributed by atoms with E-state index in [-0.39, 0.29) is 18.0 Å². The highest BCUT2D eigenvalue weighted by atomic mass is 32.2. The van der Waals surface area contributed by atoms with Gasteiger partial charge >= 0.3 is 0 Å². The zero-order valence-electron chi connectivity index (χ0n) is 18.1. The van der Waals surface area contributed by atoms with Crippen LogP contribution in [0.25, 0.3) is 0 Å². The molecule has 1 saturated heterocycles. The second kappa shape index (κ2) is 9.14. The molecule has 2 heterocycles. The van der Waals surface area contributed by atoms with Crippen molar-refractivity contribution in [2.24, 2.45) is 5.92 Å². The third-order valence-electron chi connectivity index (χ3n) is 6.60. The van der Waals surface area contributed by atoms with Crippen LogP contribution in [0.1, 0.15) is 58.9 Å². The van der Waals surface area contributed by atoms with Gasteiger partial charge in [0.1, 0.15) is 0 Å². The molecule has 1 aromatic rings. The minimum absolute atomic E-state index is 0.0105. The molecule has 0 aromatic heterocycles. The second-order valence-corrected chi connectivity index (χ2v) is 10.2. The Hall–Kier alpha value is -1.44. The summed E-state index contributed by atoms with van der Waals surface area (Å²) >= 11 is 0. The Labute approximate surface area is 175 Å². The van der Waals surface area contributed by atoms with Crippen LogP contribution in [0.2, 0.25) is 0 Å². The maximum absolute atomic E-state index is 13.0. The number of carbonyl (C=O) groups is 1. The van der Waals surface area contributed by atoms with Crippen LogP contribution in [0.4, 0.5) is 5.69 Å². The number of sulfonamides is 1. The van der Waals surface area contributed by atoms with Crippen molar-refractivity contribution < 1.29 is 13.2 Å². The highest BCUT2D eigenvalue weighted by Crippen LogP contribution is 2.34. The molecule has 0 bridgehead atoms. The van der Waals surface area contributed by atoms with E-state index in [2.05, 4.69) is 23.5 Å². The molecule has 0 saturated carbocycles. The Morgan fingerprint density at radius 1 is 1.21 bits per heavy atom. The van der Waals surface area contributed by atoms with E-state index in [0.717, 1.165) is 37.2 Å². The van der Waals surface area contributed by atoms with Crippen LogP contribution in [0.15, 0.2) is 23.1 Å². The molecule has 2 aliphatic heterocycles. The van der Waals surface area contributed by atoms with Gasteiger partial charge in [-0.05, 0) is 69.0 Å². The third kappa shape index (κ3) is 4.67. The van der Waals surface area contributed by atoms with Gasteiger partial charge in [0, 0.05) is 31.2 Å². The van der Waals surface area contributed by atoms with Gasteiger partial charge in [-0.15, -0.1) is 0 Å². The Kier molecular flexibility index (Phi) is 7.02. The molecule has 1 aromatic carbocycles. The number of nitrogens with zero attached hydrogens (tertiary/aromatic N) is 2. The molecule has 162 valence electrons. The first-order valence-electron chi connectivity index (χ1n) is 10.9. The lowest BCUT2D eigenvalue weighted by Gasteiger charge is -2.33. The van der Waals surface area contributed by atoms with E-state index < -0.39 is 10.0 Å². The lowest BCUT2D eigenvalue weighted by atomic mass is 9.93. The SMILES string of the molecule is CCC(CC)[C@@H](CNS(=O)(=O)c1ccc2c(c1)C[C@@H](C)N2C(C)=O)N1CCCC1. The molecule has 6 nitrogen and oxygen atoms in total. The van der Waals surface area contributed by atoms with Crippen LogP contribution < -0.4 is 9.62 Å². The number of carbonyl (C=O) groups excluding carboxylic acids is 1. The maximum Gasteiger partial charge on any atom is 0.240 e. The van der Waals surface area contributed by atoms with E-state index in [0.29, 0.717) is 23.8 Å². The first kappa shape index (κ1) is 22.2. The summed E-state index contributed by atoms with van der Waals surface area (Å²) in [6.45, 7) is 10.5. The molecule has 0 unspecified atom stereocenters. The molecule has 0 spiro atoms. The van der Waals surface area contributed by atoms with Gasteiger partial charge in [-0.25, -0.2) is 13.1 Å². The van der Waals surface area contributed by atoms with Crippen molar-refractivity contribution in [1.82, 2.24) is 9.62 Å². The molecule has 3 rings (SSSR count). The Morgan fingerprint density at radius 2 is 1.86 bits per heavy atom. The lowest BCUT2D eigenvalue weighted by molar-refractivity contribution is -0.116. The second-order valence-electron chi connectivity index (χ2n) is 8.47. The molecule has 1 N–H and O–H groups in total. The number of rotatable bonds is 8. The predicted molar refractivity (Wildman–Crippen MR) is 117 cm³/mol. The highest BCUT2D eigenvalue weighted by molar-refractivity contribution is 7.89. The normalized spacial score (nSPS) is 21.0. The molecule has 1 amide bonds. The molecular formula is C22H35N3O3S. The van der Waals surface area contributed by atoms with Gasteiger partial charge in [-0.1, -0.05) is 26.7 Å². The molecule has 0 aliphatic carbocycles. The largest absolute Gasteiger partial charge is 0.309 e. The fraction of sp³-hybridized carbons (Fsp3) is 0.682. The van der Waals surface area contributed by atoms with Gasteiger partial charge in [0.05, 0.1) is 4.90 Å². The number of fused-ring (bicyclic) bond motifs is 1. The van der Waals surface area contributed by atoms with E-state index in [1.165, 1.54) is 12.8 Å². The number of likely N-dealkylation sites (tertiary alicyclic amines) is 1. The summed E-state index contributed by atoms with van der Waals surface area (Å²) in [4.78, 5) is 16.4. The number of amides is 1. The Bertz CT molecular complexity index is 828. The maximum atomic E-state index is 13.0. The summed E-state index contributed by atoms with van der Waals surface area (Å²) in [5, 5.41) is 0. The van der Waals surface area contributed by atoms with Crippen molar-refractivity contribution in [3.63, 3.8) is 0 Å². The third-order valence-corrected chi connectivity index (χ3v) is 8.02. The molecule has 7 heteroatoms. The van der Waals surface area contributed by atoms with E-state index in [1.54, 1.807) is 30.0 Å². The van der Waals surface area contributed by atoms with Gasteiger partial charge in [-0.2, -0.15) is 0 Å². The quantitative estimate of drug-likeness (QED) is 0.700. The number of anilines is 1. The summed E-state index contributed by atoms with van der Waals surface area (Å²) in [5.74, 6) is 0.476. The van der Waals surface area contributed by atoms with Crippen molar-refractivity contribution in [2.75, 3.05) is 24.5 Å². The smallest absolute Gasteiger partial charge is 0.240 e. The van der Waals surface area contributed by atoms with Crippen molar-refractivity contribution in [3.05, 3.63) is 23.8 Å². The zero-order valence-corrected chi connectivity index (χ0v) is 19.0. The minimum atomic E-state index is -3.59. The molecular weight excluding hydrogens is 386 g/mol. The van der Waals surface area contributed by atoms with Crippen molar-refractivity contribution in [1.29, 1.82) is 0 Å². The lowest BCUT2D eigenvalue weighted by Crippen LogP contribution is -2.46. The summed E-state index contributed by atoms with van der Waals surface area (Å²) < 4.78 is 29.0. The number of hydrogen-bond donors (Lipinski definition) is 1. The van der Waals surface area contributed by atoms with Gasteiger partial charge in [0.25, 0.3) is 0 Å². The molecule has 2 aliphatic rings. The van der Waals surface area contributed by atoms with Crippen molar-refractivity contribution in [3.8, 4) is 0 Å². The Balaban J connectivity index is 1.77. The monoisotopic (exact) mass is 421 g/mol. The van der Waals surface area contributed by atoms with Gasteiger partial charge in [0.15, 0.2) is 0 Å². The van der Waals surface area contributed by atoms with Crippen LogP contribution in [0.5, 0.6) is 0 Å². The fourth-order valence-electron chi connectivity index (χ4n) is 5.03. The number of benzene rings is 1. The van der Waals surface area contributed by atoms with Crippen molar-refractivity contribution in [2.45, 2.75) is 76.8 Å². The first-order valence-corrected chi connectivity index (χ1v) is 12.4. The van der Waals surface area contributed by atoms with Gasteiger partial charge < -0.3 is 4.90 Å². The topological polar surface area (TPSA) is 69.7 Å². The summed E-state index contributed by atoms with van der Waals surface area (Å²) in [6, 6.07) is 5.43. The van der Waals surface area contributed by atoms with Crippen LogP contribution in [0.3, 0.4) is 0 Å².